The summed E-state index contributed by atoms with van der Waals surface area (Å²) >= 11 is 0. The summed E-state index contributed by atoms with van der Waals surface area (Å²) in [6.07, 6.45) is 3.36. The van der Waals surface area contributed by atoms with E-state index in [1.165, 1.54) is 17.1 Å². The first-order valence-corrected chi connectivity index (χ1v) is 2.07. The Balaban J connectivity index is 3.09. The van der Waals surface area contributed by atoms with E-state index in [-0.39, 0.29) is 0 Å². The molecule has 0 saturated carbocycles. The molecule has 1 heterocycles. The quantitative estimate of drug-likeness (QED) is 0.330. The lowest BCUT2D eigenvalue weighted by Gasteiger charge is -1.86. The van der Waals surface area contributed by atoms with Gasteiger partial charge in [0.25, 0.3) is 0 Å². The summed E-state index contributed by atoms with van der Waals surface area (Å²) in [5.74, 6) is 0. The maximum Gasteiger partial charge on any atom is 0.218 e. The smallest absolute Gasteiger partial charge is 0.218 e. The van der Waals surface area contributed by atoms with Crippen LogP contribution in [-0.4, -0.2) is 23.8 Å². The molecule has 2 radical (unpaired) electrons. The molecule has 0 aliphatic rings. The largest absolute Gasteiger partial charge is 0.287 e. The Bertz CT molecular complexity index is 196. The second kappa shape index (κ2) is 1.82. The number of carbonyl (C=O) groups is 1. The van der Waals surface area contributed by atoms with Gasteiger partial charge in [0.15, 0.2) is 0 Å². The highest BCUT2D eigenvalue weighted by Gasteiger charge is 1.88. The zero-order chi connectivity index (χ0) is 5.98. The van der Waals surface area contributed by atoms with E-state index in [0.717, 1.165) is 0 Å². The van der Waals surface area contributed by atoms with Crippen LogP contribution in [0.3, 0.4) is 0 Å². The van der Waals surface area contributed by atoms with Crippen LogP contribution in [-0.2, 0) is 4.79 Å². The molecule has 8 heavy (non-hydrogen) atoms. The van der Waals surface area contributed by atoms with Crippen LogP contribution in [0.5, 0.6) is 0 Å². The standard InChI is InChI=1S/C4H3BN2O/c5-4-1-6-2-7(4)3-8/h1-3H. The van der Waals surface area contributed by atoms with Gasteiger partial charge in [0.1, 0.15) is 14.2 Å². The molecule has 0 atom stereocenters. The van der Waals surface area contributed by atoms with E-state index in [2.05, 4.69) is 4.98 Å². The predicted molar refractivity (Wildman–Crippen MR) is 29.8 cm³/mol. The van der Waals surface area contributed by atoms with E-state index in [1.54, 1.807) is 0 Å². The van der Waals surface area contributed by atoms with Crippen LogP contribution < -0.4 is 5.59 Å². The number of aromatic nitrogens is 2. The van der Waals surface area contributed by atoms with E-state index in [1.807, 2.05) is 0 Å². The Hall–Kier alpha value is -1.06. The maximum absolute atomic E-state index is 9.93. The molecular weight excluding hydrogens is 103 g/mol. The van der Waals surface area contributed by atoms with Gasteiger partial charge in [0, 0.05) is 6.20 Å². The first kappa shape index (κ1) is 5.09. The Labute approximate surface area is 47.7 Å². The fraction of sp³-hybridized carbons (Fsp3) is 0. The molecule has 0 N–H and O–H groups in total. The highest BCUT2D eigenvalue weighted by atomic mass is 16.1. The fourth-order valence-corrected chi connectivity index (χ4v) is 0.403. The molecule has 0 bridgehead atoms. The molecule has 0 aromatic carbocycles. The number of nitrogens with zero attached hydrogens (tertiary/aromatic N) is 2. The molecule has 1 rings (SSSR count). The van der Waals surface area contributed by atoms with Crippen molar-refractivity contribution in [2.45, 2.75) is 0 Å². The minimum atomic E-state index is 0.361. The Morgan fingerprint density at radius 2 is 2.62 bits per heavy atom. The molecule has 38 valence electrons. The predicted octanol–water partition coefficient (Wildman–Crippen LogP) is -1.28. The topological polar surface area (TPSA) is 34.9 Å². The lowest BCUT2D eigenvalue weighted by atomic mass is 10.1. The summed E-state index contributed by atoms with van der Waals surface area (Å²) in [5.41, 5.74) is 0.361. The first-order valence-electron chi connectivity index (χ1n) is 2.07. The number of imidazole rings is 1. The van der Waals surface area contributed by atoms with Crippen molar-refractivity contribution < 1.29 is 4.79 Å². The number of rotatable bonds is 1. The summed E-state index contributed by atoms with van der Waals surface area (Å²) < 4.78 is 1.19. The molecule has 4 heteroatoms. The van der Waals surface area contributed by atoms with Crippen LogP contribution in [0.4, 0.5) is 0 Å². The Morgan fingerprint density at radius 3 is 2.88 bits per heavy atom. The third-order valence-corrected chi connectivity index (χ3v) is 0.810. The maximum atomic E-state index is 9.93. The van der Waals surface area contributed by atoms with Crippen molar-refractivity contribution in [3.63, 3.8) is 0 Å². The van der Waals surface area contributed by atoms with Gasteiger partial charge in [0.05, 0.1) is 0 Å². The van der Waals surface area contributed by atoms with Gasteiger partial charge < -0.3 is 0 Å². The number of carbonyl (C=O) groups excluding carboxylic acids is 1. The second-order valence-electron chi connectivity index (χ2n) is 1.33. The van der Waals surface area contributed by atoms with Gasteiger partial charge in [-0.25, -0.2) is 4.98 Å². The Morgan fingerprint density at radius 1 is 1.88 bits per heavy atom. The van der Waals surface area contributed by atoms with Crippen molar-refractivity contribution in [1.82, 2.24) is 9.55 Å². The fourth-order valence-electron chi connectivity index (χ4n) is 0.403. The highest BCUT2D eigenvalue weighted by Crippen LogP contribution is 1.70. The Kier molecular flexibility index (Phi) is 1.16. The molecule has 0 spiro atoms. The molecule has 3 nitrogen and oxygen atoms in total. The minimum Gasteiger partial charge on any atom is -0.287 e. The molecule has 1 aromatic rings. The normalized spacial score (nSPS) is 9.00. The third kappa shape index (κ3) is 0.642. The molecule has 0 fully saturated rings. The highest BCUT2D eigenvalue weighted by molar-refractivity contribution is 6.31. The molecule has 0 aliphatic carbocycles. The first-order chi connectivity index (χ1) is 3.84. The van der Waals surface area contributed by atoms with E-state index < -0.39 is 0 Å². The van der Waals surface area contributed by atoms with Gasteiger partial charge in [-0.1, -0.05) is 0 Å². The van der Waals surface area contributed by atoms with Crippen LogP contribution >= 0.6 is 0 Å². The van der Waals surface area contributed by atoms with Crippen molar-refractivity contribution in [1.29, 1.82) is 0 Å². The van der Waals surface area contributed by atoms with E-state index in [9.17, 15) is 4.79 Å². The lowest BCUT2D eigenvalue weighted by Crippen LogP contribution is -2.14. The van der Waals surface area contributed by atoms with Gasteiger partial charge in [-0.15, -0.1) is 0 Å². The van der Waals surface area contributed by atoms with Crippen molar-refractivity contribution in [3.8, 4) is 0 Å². The lowest BCUT2D eigenvalue weighted by molar-refractivity contribution is 0.548. The van der Waals surface area contributed by atoms with Crippen molar-refractivity contribution >= 4 is 19.8 Å². The van der Waals surface area contributed by atoms with Crippen molar-refractivity contribution in [2.75, 3.05) is 0 Å². The number of hydrogen-bond acceptors (Lipinski definition) is 2. The van der Waals surface area contributed by atoms with Crippen LogP contribution in [0.15, 0.2) is 12.5 Å². The second-order valence-corrected chi connectivity index (χ2v) is 1.33. The van der Waals surface area contributed by atoms with Crippen LogP contribution in [0.25, 0.3) is 0 Å². The van der Waals surface area contributed by atoms with Crippen LogP contribution in [0, 0.1) is 0 Å². The van der Waals surface area contributed by atoms with Gasteiger partial charge in [-0.05, 0) is 5.59 Å². The molecule has 0 amide bonds. The molecule has 0 saturated heterocycles. The van der Waals surface area contributed by atoms with E-state index in [4.69, 9.17) is 7.85 Å². The number of hydrogen-bond donors (Lipinski definition) is 0. The summed E-state index contributed by atoms with van der Waals surface area (Å²) in [5, 5.41) is 0. The zero-order valence-electron chi connectivity index (χ0n) is 4.11. The van der Waals surface area contributed by atoms with Crippen LogP contribution in [0.1, 0.15) is 0 Å². The molecular formula is C4H3BN2O. The van der Waals surface area contributed by atoms with Gasteiger partial charge >= 0.3 is 0 Å². The van der Waals surface area contributed by atoms with Crippen molar-refractivity contribution in [2.24, 2.45) is 0 Å². The van der Waals surface area contributed by atoms with Crippen LogP contribution in [0.2, 0.25) is 0 Å². The van der Waals surface area contributed by atoms with Gasteiger partial charge in [-0.2, -0.15) is 0 Å². The third-order valence-electron chi connectivity index (χ3n) is 0.810. The van der Waals surface area contributed by atoms with Gasteiger partial charge in [-0.3, -0.25) is 9.36 Å². The summed E-state index contributed by atoms with van der Waals surface area (Å²) in [6.45, 7) is 0. The average molecular weight is 106 g/mol. The van der Waals surface area contributed by atoms with E-state index in [0.29, 0.717) is 12.0 Å². The SMILES string of the molecule is [B]c1cncn1C=O. The summed E-state index contributed by atoms with van der Waals surface area (Å²) in [7, 11) is 5.22. The van der Waals surface area contributed by atoms with Gasteiger partial charge in [0.2, 0.25) is 6.41 Å². The molecule has 1 aromatic heterocycles. The van der Waals surface area contributed by atoms with E-state index >= 15 is 0 Å². The molecule has 0 unspecified atom stereocenters. The van der Waals surface area contributed by atoms with Crippen molar-refractivity contribution in [3.05, 3.63) is 12.5 Å². The average Bonchev–Trinajstić information content (AvgIpc) is 2.14. The monoisotopic (exact) mass is 106 g/mol. The zero-order valence-corrected chi connectivity index (χ0v) is 4.11. The summed E-state index contributed by atoms with van der Waals surface area (Å²) in [4.78, 5) is 13.5. The molecule has 0 aliphatic heterocycles. The summed E-state index contributed by atoms with van der Waals surface area (Å²) in [6, 6.07) is 0. The minimum absolute atomic E-state index is 0.361.